The summed E-state index contributed by atoms with van der Waals surface area (Å²) in [7, 11) is 0. The van der Waals surface area contributed by atoms with Crippen LogP contribution in [0.4, 0.5) is 4.79 Å². The standard InChI is InChI=1S/C24H30ClNO5/c25-10-13-29-15-17-30-16-14-28-12-5-11-26-24(27)31-18-23-21-8-3-1-6-19(21)20-7-2-4-9-22(20)23/h1-4,6-9,23H,5,10-18H2,(H,26,27). The molecule has 1 aliphatic rings. The normalized spacial score (nSPS) is 12.4. The summed E-state index contributed by atoms with van der Waals surface area (Å²) in [5, 5.41) is 2.79. The first-order valence-corrected chi connectivity index (χ1v) is 11.2. The van der Waals surface area contributed by atoms with Gasteiger partial charge in [-0.1, -0.05) is 48.5 Å². The Hall–Kier alpha value is -2.12. The van der Waals surface area contributed by atoms with Crippen LogP contribution >= 0.6 is 11.6 Å². The van der Waals surface area contributed by atoms with Crippen molar-refractivity contribution in [3.8, 4) is 11.1 Å². The lowest BCUT2D eigenvalue weighted by molar-refractivity contribution is 0.0169. The van der Waals surface area contributed by atoms with Gasteiger partial charge in [-0.15, -0.1) is 11.6 Å². The average molecular weight is 448 g/mol. The van der Waals surface area contributed by atoms with Gasteiger partial charge in [0.2, 0.25) is 0 Å². The average Bonchev–Trinajstić information content (AvgIpc) is 3.12. The van der Waals surface area contributed by atoms with Crippen LogP contribution in [0.25, 0.3) is 11.1 Å². The van der Waals surface area contributed by atoms with Crippen molar-refractivity contribution in [3.63, 3.8) is 0 Å². The minimum atomic E-state index is -0.401. The molecule has 1 aliphatic carbocycles. The lowest BCUT2D eigenvalue weighted by atomic mass is 9.98. The predicted octanol–water partition coefficient (Wildman–Crippen LogP) is 4.20. The fourth-order valence-electron chi connectivity index (χ4n) is 3.61. The molecule has 6 nitrogen and oxygen atoms in total. The van der Waals surface area contributed by atoms with Gasteiger partial charge in [-0.2, -0.15) is 0 Å². The first-order chi connectivity index (χ1) is 15.3. The molecule has 1 amide bonds. The summed E-state index contributed by atoms with van der Waals surface area (Å²) in [6, 6.07) is 16.6. The van der Waals surface area contributed by atoms with Crippen LogP contribution in [0.15, 0.2) is 48.5 Å². The van der Waals surface area contributed by atoms with Crippen LogP contribution < -0.4 is 5.32 Å². The Morgan fingerprint density at radius 2 is 1.35 bits per heavy atom. The topological polar surface area (TPSA) is 66.0 Å². The molecule has 0 bridgehead atoms. The number of ether oxygens (including phenoxy) is 4. The molecule has 3 rings (SSSR count). The monoisotopic (exact) mass is 447 g/mol. The number of amides is 1. The summed E-state index contributed by atoms with van der Waals surface area (Å²) in [6.07, 6.45) is 0.311. The van der Waals surface area contributed by atoms with Crippen LogP contribution in [0.2, 0.25) is 0 Å². The molecule has 0 radical (unpaired) electrons. The van der Waals surface area contributed by atoms with Crippen LogP contribution in [0.5, 0.6) is 0 Å². The van der Waals surface area contributed by atoms with Gasteiger partial charge in [0.1, 0.15) is 6.61 Å². The summed E-state index contributed by atoms with van der Waals surface area (Å²) in [4.78, 5) is 12.1. The number of benzene rings is 2. The van der Waals surface area contributed by atoms with Crippen LogP contribution in [-0.2, 0) is 18.9 Å². The van der Waals surface area contributed by atoms with E-state index in [1.807, 2.05) is 24.3 Å². The molecule has 168 valence electrons. The number of alkyl carbamates (subject to hydrolysis) is 1. The molecule has 0 spiro atoms. The molecule has 1 N–H and O–H groups in total. The van der Waals surface area contributed by atoms with E-state index < -0.39 is 6.09 Å². The molecular formula is C24H30ClNO5. The highest BCUT2D eigenvalue weighted by atomic mass is 35.5. The Morgan fingerprint density at radius 1 is 0.806 bits per heavy atom. The van der Waals surface area contributed by atoms with Gasteiger partial charge in [-0.25, -0.2) is 4.79 Å². The lowest BCUT2D eigenvalue weighted by Gasteiger charge is -2.14. The van der Waals surface area contributed by atoms with Gasteiger partial charge >= 0.3 is 6.09 Å². The Kier molecular flexibility index (Phi) is 10.1. The number of hydrogen-bond donors (Lipinski definition) is 1. The number of rotatable bonds is 14. The molecule has 0 aromatic heterocycles. The molecule has 2 aromatic rings. The Balaban J connectivity index is 1.26. The fraction of sp³-hybridized carbons (Fsp3) is 0.458. The van der Waals surface area contributed by atoms with E-state index in [9.17, 15) is 4.79 Å². The SMILES string of the molecule is O=C(NCCCOCCOCCOCCCl)OCC1c2ccccc2-c2ccccc21. The van der Waals surface area contributed by atoms with Crippen molar-refractivity contribution in [1.82, 2.24) is 5.32 Å². The molecule has 0 atom stereocenters. The minimum absolute atomic E-state index is 0.0711. The van der Waals surface area contributed by atoms with Gasteiger partial charge in [-0.3, -0.25) is 0 Å². The van der Waals surface area contributed by atoms with Crippen molar-refractivity contribution in [1.29, 1.82) is 0 Å². The second-order valence-corrected chi connectivity index (χ2v) is 7.51. The van der Waals surface area contributed by atoms with E-state index in [4.69, 9.17) is 30.5 Å². The Labute approximate surface area is 188 Å². The van der Waals surface area contributed by atoms with E-state index in [0.29, 0.717) is 65.1 Å². The smallest absolute Gasteiger partial charge is 0.407 e. The highest BCUT2D eigenvalue weighted by molar-refractivity contribution is 6.17. The van der Waals surface area contributed by atoms with Crippen LogP contribution in [0.3, 0.4) is 0 Å². The molecule has 2 aromatic carbocycles. The molecule has 7 heteroatoms. The summed E-state index contributed by atoms with van der Waals surface area (Å²) >= 11 is 5.51. The van der Waals surface area contributed by atoms with E-state index in [-0.39, 0.29) is 5.92 Å². The third kappa shape index (κ3) is 7.21. The molecule has 0 saturated heterocycles. The molecule has 31 heavy (non-hydrogen) atoms. The maximum Gasteiger partial charge on any atom is 0.407 e. The van der Waals surface area contributed by atoms with E-state index in [1.165, 1.54) is 22.3 Å². The molecule has 0 heterocycles. The van der Waals surface area contributed by atoms with Crippen molar-refractivity contribution in [2.45, 2.75) is 12.3 Å². The highest BCUT2D eigenvalue weighted by Gasteiger charge is 2.28. The van der Waals surface area contributed by atoms with Crippen LogP contribution in [-0.4, -0.2) is 64.8 Å². The van der Waals surface area contributed by atoms with Gasteiger partial charge in [0.25, 0.3) is 0 Å². The third-order valence-corrected chi connectivity index (χ3v) is 5.20. The van der Waals surface area contributed by atoms with Gasteiger partial charge in [0, 0.05) is 24.9 Å². The second-order valence-electron chi connectivity index (χ2n) is 7.13. The summed E-state index contributed by atoms with van der Waals surface area (Å²) in [6.45, 7) is 4.02. The highest BCUT2D eigenvalue weighted by Crippen LogP contribution is 2.44. The van der Waals surface area contributed by atoms with Crippen molar-refractivity contribution in [2.75, 3.05) is 58.7 Å². The van der Waals surface area contributed by atoms with Gasteiger partial charge in [0.15, 0.2) is 0 Å². The Morgan fingerprint density at radius 3 is 1.97 bits per heavy atom. The van der Waals surface area contributed by atoms with Gasteiger partial charge < -0.3 is 24.3 Å². The number of alkyl halides is 1. The molecular weight excluding hydrogens is 418 g/mol. The molecule has 0 fully saturated rings. The minimum Gasteiger partial charge on any atom is -0.449 e. The second kappa shape index (κ2) is 13.3. The number of hydrogen-bond acceptors (Lipinski definition) is 5. The van der Waals surface area contributed by atoms with E-state index in [0.717, 1.165) is 0 Å². The molecule has 0 saturated carbocycles. The number of halogens is 1. The number of nitrogens with one attached hydrogen (secondary N) is 1. The zero-order valence-corrected chi connectivity index (χ0v) is 18.4. The first kappa shape index (κ1) is 23.5. The maximum atomic E-state index is 12.1. The van der Waals surface area contributed by atoms with Crippen molar-refractivity contribution < 1.29 is 23.7 Å². The van der Waals surface area contributed by atoms with Crippen molar-refractivity contribution >= 4 is 17.7 Å². The molecule has 0 unspecified atom stereocenters. The zero-order chi connectivity index (χ0) is 21.7. The van der Waals surface area contributed by atoms with Gasteiger partial charge in [0.05, 0.1) is 33.0 Å². The summed E-state index contributed by atoms with van der Waals surface area (Å²) < 4.78 is 21.6. The van der Waals surface area contributed by atoms with E-state index in [1.54, 1.807) is 0 Å². The van der Waals surface area contributed by atoms with E-state index in [2.05, 4.69) is 29.6 Å². The fourth-order valence-corrected chi connectivity index (χ4v) is 3.72. The number of carbonyl (C=O) groups is 1. The lowest BCUT2D eigenvalue weighted by Crippen LogP contribution is -2.27. The van der Waals surface area contributed by atoms with Crippen molar-refractivity contribution in [2.24, 2.45) is 0 Å². The zero-order valence-electron chi connectivity index (χ0n) is 17.7. The molecule has 0 aliphatic heterocycles. The van der Waals surface area contributed by atoms with Crippen molar-refractivity contribution in [3.05, 3.63) is 59.7 Å². The van der Waals surface area contributed by atoms with Crippen LogP contribution in [0.1, 0.15) is 23.5 Å². The number of carbonyl (C=O) groups excluding carboxylic acids is 1. The largest absolute Gasteiger partial charge is 0.449 e. The first-order valence-electron chi connectivity index (χ1n) is 10.7. The summed E-state index contributed by atoms with van der Waals surface area (Å²) in [5.74, 6) is 0.564. The van der Waals surface area contributed by atoms with Crippen LogP contribution in [0, 0.1) is 0 Å². The number of fused-ring (bicyclic) bond motifs is 3. The van der Waals surface area contributed by atoms with E-state index >= 15 is 0 Å². The Bertz CT molecular complexity index is 771. The predicted molar refractivity (Wildman–Crippen MR) is 121 cm³/mol. The maximum absolute atomic E-state index is 12.1. The third-order valence-electron chi connectivity index (χ3n) is 5.04. The summed E-state index contributed by atoms with van der Waals surface area (Å²) in [5.41, 5.74) is 4.85. The quantitative estimate of drug-likeness (QED) is 0.347. The van der Waals surface area contributed by atoms with Gasteiger partial charge in [-0.05, 0) is 28.7 Å².